The molecule has 0 aliphatic carbocycles. The number of fused-ring (bicyclic) bond motifs is 1. The van der Waals surface area contributed by atoms with Crippen LogP contribution in [-0.2, 0) is 22.5 Å². The Morgan fingerprint density at radius 1 is 1.16 bits per heavy atom. The first kappa shape index (κ1) is 22.8. The summed E-state index contributed by atoms with van der Waals surface area (Å²) in [5.74, 6) is -1.61. The highest BCUT2D eigenvalue weighted by Gasteiger charge is 2.16. The number of carboxylic acid groups (broad SMARTS) is 1. The molecule has 6 nitrogen and oxygen atoms in total. The molecule has 3 aromatic rings. The molecule has 0 amide bonds. The second kappa shape index (κ2) is 9.98. The van der Waals surface area contributed by atoms with Crippen LogP contribution >= 0.6 is 23.2 Å². The zero-order valence-electron chi connectivity index (χ0n) is 16.9. The van der Waals surface area contributed by atoms with Gasteiger partial charge in [0.25, 0.3) is 0 Å². The summed E-state index contributed by atoms with van der Waals surface area (Å²) in [6.07, 6.45) is 2.42. The van der Waals surface area contributed by atoms with Gasteiger partial charge in [0.2, 0.25) is 5.43 Å². The number of halogens is 2. The van der Waals surface area contributed by atoms with Crippen LogP contribution < -0.4 is 5.43 Å². The summed E-state index contributed by atoms with van der Waals surface area (Å²) in [7, 11) is 0. The first-order chi connectivity index (χ1) is 14.8. The van der Waals surface area contributed by atoms with Crippen LogP contribution in [0.25, 0.3) is 10.9 Å². The van der Waals surface area contributed by atoms with Crippen LogP contribution in [0, 0.1) is 0 Å². The van der Waals surface area contributed by atoms with Gasteiger partial charge in [0.05, 0.1) is 22.2 Å². The van der Waals surface area contributed by atoms with E-state index < -0.39 is 11.4 Å². The molecule has 1 aromatic heterocycles. The van der Waals surface area contributed by atoms with Gasteiger partial charge >= 0.3 is 11.9 Å². The molecule has 0 fully saturated rings. The Morgan fingerprint density at radius 3 is 2.65 bits per heavy atom. The molecule has 0 atom stereocenters. The van der Waals surface area contributed by atoms with Crippen molar-refractivity contribution in [2.24, 2.45) is 0 Å². The molecule has 162 valence electrons. The standard InChI is InChI=1S/C23H21Cl2NO5/c1-2-31-20(27)7-4-10-26-13-17(23(29)30)22(28)16-12-14(8-9-19(16)26)11-15-5-3-6-18(24)21(15)25/h3,5-6,8-9,12-13H,2,4,7,10-11H2,1H3,(H,29,30). The molecular formula is C23H21Cl2NO5. The Morgan fingerprint density at radius 2 is 1.94 bits per heavy atom. The number of aryl methyl sites for hydroxylation is 1. The fourth-order valence-electron chi connectivity index (χ4n) is 3.42. The summed E-state index contributed by atoms with van der Waals surface area (Å²) in [5, 5.41) is 10.7. The van der Waals surface area contributed by atoms with Gasteiger partial charge in [-0.05, 0) is 49.1 Å². The van der Waals surface area contributed by atoms with Gasteiger partial charge in [0.1, 0.15) is 5.56 Å². The van der Waals surface area contributed by atoms with Crippen molar-refractivity contribution in [3.05, 3.63) is 79.6 Å². The van der Waals surface area contributed by atoms with Crippen LogP contribution in [0.4, 0.5) is 0 Å². The molecule has 1 heterocycles. The molecule has 0 radical (unpaired) electrons. The van der Waals surface area contributed by atoms with Crippen LogP contribution in [0.2, 0.25) is 10.0 Å². The molecular weight excluding hydrogens is 441 g/mol. The molecule has 1 N–H and O–H groups in total. The number of carbonyl (C=O) groups excluding carboxylic acids is 1. The van der Waals surface area contributed by atoms with Crippen molar-refractivity contribution in [3.8, 4) is 0 Å². The van der Waals surface area contributed by atoms with Crippen molar-refractivity contribution in [1.29, 1.82) is 0 Å². The van der Waals surface area contributed by atoms with E-state index in [4.69, 9.17) is 27.9 Å². The molecule has 0 unspecified atom stereocenters. The van der Waals surface area contributed by atoms with Crippen molar-refractivity contribution in [1.82, 2.24) is 4.57 Å². The van der Waals surface area contributed by atoms with E-state index in [1.165, 1.54) is 6.20 Å². The first-order valence-corrected chi connectivity index (χ1v) is 10.5. The van der Waals surface area contributed by atoms with E-state index >= 15 is 0 Å². The number of rotatable bonds is 8. The monoisotopic (exact) mass is 461 g/mol. The number of aromatic nitrogens is 1. The summed E-state index contributed by atoms with van der Waals surface area (Å²) in [6, 6.07) is 10.7. The fraction of sp³-hybridized carbons (Fsp3) is 0.261. The van der Waals surface area contributed by atoms with Crippen LogP contribution in [0.15, 0.2) is 47.4 Å². The fourth-order valence-corrected chi connectivity index (χ4v) is 3.81. The third-order valence-corrected chi connectivity index (χ3v) is 5.74. The van der Waals surface area contributed by atoms with E-state index in [-0.39, 0.29) is 18.0 Å². The molecule has 0 spiro atoms. The molecule has 8 heteroatoms. The van der Waals surface area contributed by atoms with Gasteiger partial charge in [0, 0.05) is 24.5 Å². The Bertz CT molecular complexity index is 1200. The van der Waals surface area contributed by atoms with Crippen LogP contribution in [0.5, 0.6) is 0 Å². The van der Waals surface area contributed by atoms with E-state index in [0.717, 1.165) is 11.1 Å². The summed E-state index contributed by atoms with van der Waals surface area (Å²) >= 11 is 12.4. The number of esters is 1. The molecule has 0 aliphatic heterocycles. The van der Waals surface area contributed by atoms with E-state index in [0.29, 0.717) is 46.9 Å². The number of benzene rings is 2. The van der Waals surface area contributed by atoms with Gasteiger partial charge in [-0.3, -0.25) is 9.59 Å². The van der Waals surface area contributed by atoms with Crippen molar-refractivity contribution in [3.63, 3.8) is 0 Å². The number of hydrogen-bond donors (Lipinski definition) is 1. The Balaban J connectivity index is 1.99. The van der Waals surface area contributed by atoms with Gasteiger partial charge in [-0.15, -0.1) is 0 Å². The second-order valence-corrected chi connectivity index (χ2v) is 7.81. The molecule has 0 bridgehead atoms. The number of carboxylic acids is 1. The lowest BCUT2D eigenvalue weighted by molar-refractivity contribution is -0.143. The smallest absolute Gasteiger partial charge is 0.341 e. The predicted octanol–water partition coefficient (Wildman–Crippen LogP) is 4.94. The van der Waals surface area contributed by atoms with Crippen LogP contribution in [0.1, 0.15) is 41.3 Å². The maximum absolute atomic E-state index is 12.8. The Labute approximate surface area is 189 Å². The highest BCUT2D eigenvalue weighted by Crippen LogP contribution is 2.28. The minimum atomic E-state index is -1.30. The summed E-state index contributed by atoms with van der Waals surface area (Å²) < 4.78 is 6.62. The number of nitrogens with zero attached hydrogens (tertiary/aromatic N) is 1. The second-order valence-electron chi connectivity index (χ2n) is 7.02. The number of aromatic carboxylic acids is 1. The first-order valence-electron chi connectivity index (χ1n) is 9.79. The van der Waals surface area contributed by atoms with E-state index in [9.17, 15) is 19.5 Å². The molecule has 3 rings (SSSR count). The Kier molecular flexibility index (Phi) is 7.36. The van der Waals surface area contributed by atoms with Gasteiger partial charge < -0.3 is 14.4 Å². The number of pyridine rings is 1. The van der Waals surface area contributed by atoms with Crippen molar-refractivity contribution in [2.75, 3.05) is 6.61 Å². The highest BCUT2D eigenvalue weighted by molar-refractivity contribution is 6.42. The van der Waals surface area contributed by atoms with E-state index in [2.05, 4.69) is 0 Å². The summed E-state index contributed by atoms with van der Waals surface area (Å²) in [5.41, 5.74) is 1.33. The molecule has 0 saturated heterocycles. The highest BCUT2D eigenvalue weighted by atomic mass is 35.5. The average Bonchev–Trinajstić information content (AvgIpc) is 2.73. The topological polar surface area (TPSA) is 85.6 Å². The normalized spacial score (nSPS) is 10.9. The maximum Gasteiger partial charge on any atom is 0.341 e. The van der Waals surface area contributed by atoms with Crippen molar-refractivity contribution >= 4 is 46.0 Å². The maximum atomic E-state index is 12.8. The third kappa shape index (κ3) is 5.27. The largest absolute Gasteiger partial charge is 0.477 e. The van der Waals surface area contributed by atoms with Crippen molar-refractivity contribution in [2.45, 2.75) is 32.7 Å². The molecule has 0 saturated carbocycles. The molecule has 31 heavy (non-hydrogen) atoms. The molecule has 0 aliphatic rings. The lowest BCUT2D eigenvalue weighted by atomic mass is 10.0. The predicted molar refractivity (Wildman–Crippen MR) is 120 cm³/mol. The minimum Gasteiger partial charge on any atom is -0.477 e. The Hall–Kier alpha value is -2.83. The zero-order chi connectivity index (χ0) is 22.5. The SMILES string of the molecule is CCOC(=O)CCCn1cc(C(=O)O)c(=O)c2cc(Cc3cccc(Cl)c3Cl)ccc21. The summed E-state index contributed by atoms with van der Waals surface area (Å²) in [6.45, 7) is 2.41. The van der Waals surface area contributed by atoms with E-state index in [1.807, 2.05) is 12.1 Å². The van der Waals surface area contributed by atoms with E-state index in [1.54, 1.807) is 35.8 Å². The zero-order valence-corrected chi connectivity index (χ0v) is 18.4. The lowest BCUT2D eigenvalue weighted by Crippen LogP contribution is -2.19. The average molecular weight is 462 g/mol. The summed E-state index contributed by atoms with van der Waals surface area (Å²) in [4.78, 5) is 36.0. The number of hydrogen-bond acceptors (Lipinski definition) is 4. The van der Waals surface area contributed by atoms with Crippen molar-refractivity contribution < 1.29 is 19.4 Å². The van der Waals surface area contributed by atoms with Gasteiger partial charge in [-0.25, -0.2) is 4.79 Å². The van der Waals surface area contributed by atoms with Gasteiger partial charge in [-0.1, -0.05) is 41.4 Å². The molecule has 2 aromatic carbocycles. The number of ether oxygens (including phenoxy) is 1. The minimum absolute atomic E-state index is 0.204. The van der Waals surface area contributed by atoms with Gasteiger partial charge in [0.15, 0.2) is 0 Å². The third-order valence-electron chi connectivity index (χ3n) is 4.89. The number of carbonyl (C=O) groups is 2. The van der Waals surface area contributed by atoms with Crippen LogP contribution in [0.3, 0.4) is 0 Å². The lowest BCUT2D eigenvalue weighted by Gasteiger charge is -2.14. The quantitative estimate of drug-likeness (QED) is 0.480. The van der Waals surface area contributed by atoms with Crippen LogP contribution in [-0.4, -0.2) is 28.2 Å². The van der Waals surface area contributed by atoms with Gasteiger partial charge in [-0.2, -0.15) is 0 Å².